The van der Waals surface area contributed by atoms with Gasteiger partial charge in [-0.3, -0.25) is 10.1 Å². The van der Waals surface area contributed by atoms with Crippen molar-refractivity contribution in [1.29, 1.82) is 0 Å². The van der Waals surface area contributed by atoms with Crippen LogP contribution in [0.1, 0.15) is 16.8 Å². The fourth-order valence-corrected chi connectivity index (χ4v) is 1.81. The van der Waals surface area contributed by atoms with E-state index in [4.69, 9.17) is 15.2 Å². The summed E-state index contributed by atoms with van der Waals surface area (Å²) >= 11 is 0. The highest BCUT2D eigenvalue weighted by molar-refractivity contribution is 5.95. The first-order chi connectivity index (χ1) is 9.15. The Morgan fingerprint density at radius 1 is 1.47 bits per heavy atom. The van der Waals surface area contributed by atoms with E-state index in [1.165, 1.54) is 6.07 Å². The molecule has 6 nitrogen and oxygen atoms in total. The molecule has 1 aliphatic rings. The molecule has 0 bridgehead atoms. The van der Waals surface area contributed by atoms with Crippen LogP contribution in [0.5, 0.6) is 0 Å². The van der Waals surface area contributed by atoms with Crippen LogP contribution in [-0.2, 0) is 9.47 Å². The molecule has 3 N–H and O–H groups in total. The average molecular weight is 264 g/mol. The summed E-state index contributed by atoms with van der Waals surface area (Å²) in [4.78, 5) is 22.6. The van der Waals surface area contributed by atoms with Crippen molar-refractivity contribution in [2.24, 2.45) is 11.7 Å². The van der Waals surface area contributed by atoms with Gasteiger partial charge in [-0.1, -0.05) is 6.07 Å². The van der Waals surface area contributed by atoms with Crippen LogP contribution in [0.4, 0.5) is 10.5 Å². The number of primary amides is 1. The minimum Gasteiger partial charge on any atom is -0.449 e. The molecule has 2 amide bonds. The van der Waals surface area contributed by atoms with Crippen molar-refractivity contribution in [1.82, 2.24) is 0 Å². The molecule has 0 aromatic heterocycles. The molecule has 1 atom stereocenters. The number of carbonyl (C=O) groups excluding carboxylic acids is 2. The van der Waals surface area contributed by atoms with Gasteiger partial charge in [0.2, 0.25) is 5.91 Å². The number of benzene rings is 1. The van der Waals surface area contributed by atoms with Gasteiger partial charge in [0.15, 0.2) is 0 Å². The van der Waals surface area contributed by atoms with E-state index in [0.29, 0.717) is 24.5 Å². The van der Waals surface area contributed by atoms with E-state index in [1.54, 1.807) is 18.2 Å². The highest BCUT2D eigenvalue weighted by Gasteiger charge is 2.17. The third-order valence-electron chi connectivity index (χ3n) is 2.87. The molecule has 1 aromatic rings. The van der Waals surface area contributed by atoms with E-state index in [1.807, 2.05) is 0 Å². The van der Waals surface area contributed by atoms with Crippen LogP contribution in [0, 0.1) is 5.92 Å². The number of carbonyl (C=O) groups is 2. The maximum Gasteiger partial charge on any atom is 0.411 e. The second-order valence-corrected chi connectivity index (χ2v) is 4.40. The molecule has 1 unspecified atom stereocenters. The monoisotopic (exact) mass is 264 g/mol. The van der Waals surface area contributed by atoms with Crippen LogP contribution in [0.25, 0.3) is 0 Å². The molecular formula is C13H16N2O4. The minimum absolute atomic E-state index is 0.266. The Labute approximate surface area is 110 Å². The molecule has 0 spiro atoms. The van der Waals surface area contributed by atoms with E-state index in [2.05, 4.69) is 5.32 Å². The average Bonchev–Trinajstić information content (AvgIpc) is 2.90. The van der Waals surface area contributed by atoms with Crippen molar-refractivity contribution < 1.29 is 19.1 Å². The van der Waals surface area contributed by atoms with Gasteiger partial charge in [0.1, 0.15) is 0 Å². The molecule has 0 radical (unpaired) electrons. The number of amides is 2. The lowest BCUT2D eigenvalue weighted by Gasteiger charge is -2.10. The van der Waals surface area contributed by atoms with Crippen LogP contribution in [0.3, 0.4) is 0 Å². The molecule has 0 aliphatic carbocycles. The van der Waals surface area contributed by atoms with Gasteiger partial charge in [0, 0.05) is 23.8 Å². The highest BCUT2D eigenvalue weighted by Crippen LogP contribution is 2.14. The molecule has 1 saturated heterocycles. The summed E-state index contributed by atoms with van der Waals surface area (Å²) in [7, 11) is 0. The Balaban J connectivity index is 1.84. The van der Waals surface area contributed by atoms with E-state index >= 15 is 0 Å². The van der Waals surface area contributed by atoms with Crippen LogP contribution in [-0.4, -0.2) is 31.8 Å². The number of anilines is 1. The number of hydrogen-bond donors (Lipinski definition) is 2. The number of nitrogens with one attached hydrogen (secondary N) is 1. The second-order valence-electron chi connectivity index (χ2n) is 4.40. The quantitative estimate of drug-likeness (QED) is 0.859. The Morgan fingerprint density at radius 3 is 3.00 bits per heavy atom. The van der Waals surface area contributed by atoms with Crippen molar-refractivity contribution in [2.45, 2.75) is 6.42 Å². The van der Waals surface area contributed by atoms with Crippen LogP contribution in [0.15, 0.2) is 24.3 Å². The van der Waals surface area contributed by atoms with Gasteiger partial charge in [0.05, 0.1) is 13.2 Å². The number of nitrogens with two attached hydrogens (primary N) is 1. The molecular weight excluding hydrogens is 248 g/mol. The molecule has 1 heterocycles. The summed E-state index contributed by atoms with van der Waals surface area (Å²) in [5, 5.41) is 2.55. The first kappa shape index (κ1) is 13.4. The topological polar surface area (TPSA) is 90.7 Å². The zero-order chi connectivity index (χ0) is 13.7. The maximum atomic E-state index is 11.6. The zero-order valence-electron chi connectivity index (χ0n) is 10.4. The predicted octanol–water partition coefficient (Wildman–Crippen LogP) is 1.37. The largest absolute Gasteiger partial charge is 0.449 e. The molecule has 1 aliphatic heterocycles. The molecule has 2 rings (SSSR count). The molecule has 1 fully saturated rings. The standard InChI is InChI=1S/C13H16N2O4/c14-12(16)10-2-1-3-11(6-10)15-13(17)19-8-9-4-5-18-7-9/h1-3,6,9H,4-5,7-8H2,(H2,14,16)(H,15,17). The van der Waals surface area contributed by atoms with Crippen molar-refractivity contribution >= 4 is 17.7 Å². The number of ether oxygens (including phenoxy) is 2. The first-order valence-corrected chi connectivity index (χ1v) is 6.06. The lowest BCUT2D eigenvalue weighted by Crippen LogP contribution is -2.19. The summed E-state index contributed by atoms with van der Waals surface area (Å²) in [5.41, 5.74) is 5.97. The van der Waals surface area contributed by atoms with Gasteiger partial charge in [-0.15, -0.1) is 0 Å². The Hall–Kier alpha value is -2.08. The predicted molar refractivity (Wildman–Crippen MR) is 68.9 cm³/mol. The lowest BCUT2D eigenvalue weighted by atomic mass is 10.1. The van der Waals surface area contributed by atoms with Crippen molar-refractivity contribution in [2.75, 3.05) is 25.1 Å². The van der Waals surface area contributed by atoms with Crippen LogP contribution < -0.4 is 11.1 Å². The van der Waals surface area contributed by atoms with E-state index in [-0.39, 0.29) is 5.92 Å². The number of hydrogen-bond acceptors (Lipinski definition) is 4. The van der Waals surface area contributed by atoms with E-state index < -0.39 is 12.0 Å². The molecule has 1 aromatic carbocycles. The van der Waals surface area contributed by atoms with E-state index in [0.717, 1.165) is 13.0 Å². The fourth-order valence-electron chi connectivity index (χ4n) is 1.81. The minimum atomic E-state index is -0.548. The molecule has 0 saturated carbocycles. The normalized spacial score (nSPS) is 18.0. The lowest BCUT2D eigenvalue weighted by molar-refractivity contribution is 0.1000. The molecule has 6 heteroatoms. The Bertz CT molecular complexity index is 469. The van der Waals surface area contributed by atoms with Crippen LogP contribution in [0.2, 0.25) is 0 Å². The fraction of sp³-hybridized carbons (Fsp3) is 0.385. The van der Waals surface area contributed by atoms with Gasteiger partial charge < -0.3 is 15.2 Å². The summed E-state index contributed by atoms with van der Waals surface area (Å²) in [5.74, 6) is -0.275. The van der Waals surface area contributed by atoms with Crippen molar-refractivity contribution in [3.8, 4) is 0 Å². The highest BCUT2D eigenvalue weighted by atomic mass is 16.6. The van der Waals surface area contributed by atoms with Gasteiger partial charge in [-0.05, 0) is 24.6 Å². The van der Waals surface area contributed by atoms with Gasteiger partial charge in [0.25, 0.3) is 0 Å². The smallest absolute Gasteiger partial charge is 0.411 e. The zero-order valence-corrected chi connectivity index (χ0v) is 10.4. The SMILES string of the molecule is NC(=O)c1cccc(NC(=O)OCC2CCOC2)c1. The summed E-state index contributed by atoms with van der Waals surface area (Å²) in [6.07, 6.45) is 0.360. The summed E-state index contributed by atoms with van der Waals surface area (Å²) in [6, 6.07) is 6.38. The third kappa shape index (κ3) is 3.96. The second kappa shape index (κ2) is 6.19. The first-order valence-electron chi connectivity index (χ1n) is 6.06. The molecule has 102 valence electrons. The molecule has 19 heavy (non-hydrogen) atoms. The van der Waals surface area contributed by atoms with Crippen molar-refractivity contribution in [3.63, 3.8) is 0 Å². The Kier molecular flexibility index (Phi) is 4.35. The van der Waals surface area contributed by atoms with Crippen molar-refractivity contribution in [3.05, 3.63) is 29.8 Å². The van der Waals surface area contributed by atoms with Gasteiger partial charge in [-0.2, -0.15) is 0 Å². The third-order valence-corrected chi connectivity index (χ3v) is 2.87. The Morgan fingerprint density at radius 2 is 2.32 bits per heavy atom. The maximum absolute atomic E-state index is 11.6. The summed E-state index contributed by atoms with van der Waals surface area (Å²) in [6.45, 7) is 1.68. The summed E-state index contributed by atoms with van der Waals surface area (Å²) < 4.78 is 10.3. The van der Waals surface area contributed by atoms with E-state index in [9.17, 15) is 9.59 Å². The van der Waals surface area contributed by atoms with Crippen LogP contribution >= 0.6 is 0 Å². The van der Waals surface area contributed by atoms with Gasteiger partial charge in [-0.25, -0.2) is 4.79 Å². The van der Waals surface area contributed by atoms with Gasteiger partial charge >= 0.3 is 6.09 Å². The number of rotatable bonds is 4.